The minimum Gasteiger partial charge on any atom is -0.341 e. The Balaban J connectivity index is 2.05. The van der Waals surface area contributed by atoms with Crippen molar-refractivity contribution in [2.24, 2.45) is 0 Å². The van der Waals surface area contributed by atoms with Crippen LogP contribution in [0.5, 0.6) is 0 Å². The van der Waals surface area contributed by atoms with Crippen molar-refractivity contribution in [2.45, 2.75) is 11.4 Å². The second kappa shape index (κ2) is 7.47. The number of carbonyl (C=O) groups is 1. The van der Waals surface area contributed by atoms with Gasteiger partial charge in [-0.05, 0) is 42.0 Å². The Kier molecular flexibility index (Phi) is 5.60. The third-order valence-electron chi connectivity index (χ3n) is 3.41. The van der Waals surface area contributed by atoms with Gasteiger partial charge in [-0.3, -0.25) is 4.79 Å². The highest BCUT2D eigenvalue weighted by molar-refractivity contribution is 7.92. The highest BCUT2D eigenvalue weighted by atomic mass is 35.5. The van der Waals surface area contributed by atoms with Crippen LogP contribution in [0.1, 0.15) is 11.1 Å². The monoisotopic (exact) mass is 362 g/mol. The van der Waals surface area contributed by atoms with Crippen molar-refractivity contribution in [1.82, 2.24) is 4.90 Å². The zero-order valence-corrected chi connectivity index (χ0v) is 14.5. The Labute approximate surface area is 146 Å². The molecule has 0 heterocycles. The van der Waals surface area contributed by atoms with E-state index < -0.39 is 21.5 Å². The van der Waals surface area contributed by atoms with E-state index in [9.17, 15) is 13.2 Å². The Bertz CT molecular complexity index is 870. The lowest BCUT2D eigenvalue weighted by atomic mass is 10.1. The van der Waals surface area contributed by atoms with E-state index in [-0.39, 0.29) is 11.4 Å². The number of hydrogen-bond acceptors (Lipinski definition) is 4. The highest BCUT2D eigenvalue weighted by Gasteiger charge is 2.21. The predicted octanol–water partition coefficient (Wildman–Crippen LogP) is 2.64. The molecule has 0 aliphatic carbocycles. The number of benzene rings is 2. The van der Waals surface area contributed by atoms with Gasteiger partial charge in [0.1, 0.15) is 5.75 Å². The van der Waals surface area contributed by atoms with Crippen LogP contribution in [-0.4, -0.2) is 32.0 Å². The van der Waals surface area contributed by atoms with Crippen molar-refractivity contribution in [3.8, 4) is 6.07 Å². The van der Waals surface area contributed by atoms with Gasteiger partial charge < -0.3 is 4.90 Å². The van der Waals surface area contributed by atoms with Gasteiger partial charge in [0.15, 0.2) is 9.84 Å². The normalized spacial score (nSPS) is 10.9. The molecule has 0 radical (unpaired) electrons. The van der Waals surface area contributed by atoms with Gasteiger partial charge >= 0.3 is 0 Å². The average molecular weight is 363 g/mol. The van der Waals surface area contributed by atoms with E-state index in [1.54, 1.807) is 24.3 Å². The molecule has 0 saturated heterocycles. The number of nitrogens with zero attached hydrogens (tertiary/aromatic N) is 2. The molecule has 2 rings (SSSR count). The maximum absolute atomic E-state index is 12.3. The number of amides is 1. The standard InChI is InChI=1S/C17H15ClN2O3S/c1-20(11-14-4-2-13(10-19)3-5-14)17(21)12-24(22,23)16-8-6-15(18)7-9-16/h2-9H,11-12H2,1H3. The molecule has 24 heavy (non-hydrogen) atoms. The quantitative estimate of drug-likeness (QED) is 0.819. The molecular formula is C17H15ClN2O3S. The Morgan fingerprint density at radius 2 is 1.71 bits per heavy atom. The van der Waals surface area contributed by atoms with E-state index >= 15 is 0 Å². The molecule has 2 aromatic rings. The van der Waals surface area contributed by atoms with Crippen molar-refractivity contribution < 1.29 is 13.2 Å². The fraction of sp³-hybridized carbons (Fsp3) is 0.176. The zero-order valence-electron chi connectivity index (χ0n) is 12.9. The van der Waals surface area contributed by atoms with Gasteiger partial charge in [-0.25, -0.2) is 8.42 Å². The summed E-state index contributed by atoms with van der Waals surface area (Å²) in [5.41, 5.74) is 1.34. The van der Waals surface area contributed by atoms with Gasteiger partial charge in [0, 0.05) is 18.6 Å². The van der Waals surface area contributed by atoms with Crippen LogP contribution in [0.3, 0.4) is 0 Å². The fourth-order valence-corrected chi connectivity index (χ4v) is 3.43. The van der Waals surface area contributed by atoms with Crippen LogP contribution in [0.25, 0.3) is 0 Å². The third kappa shape index (κ3) is 4.57. The number of sulfone groups is 1. The van der Waals surface area contributed by atoms with E-state index in [0.29, 0.717) is 10.6 Å². The van der Waals surface area contributed by atoms with E-state index in [4.69, 9.17) is 16.9 Å². The Morgan fingerprint density at radius 1 is 1.12 bits per heavy atom. The van der Waals surface area contributed by atoms with Gasteiger partial charge in [0.25, 0.3) is 0 Å². The molecule has 0 unspecified atom stereocenters. The lowest BCUT2D eigenvalue weighted by Gasteiger charge is -2.17. The maximum Gasteiger partial charge on any atom is 0.238 e. The lowest BCUT2D eigenvalue weighted by molar-refractivity contribution is -0.127. The topological polar surface area (TPSA) is 78.2 Å². The molecule has 5 nitrogen and oxygen atoms in total. The summed E-state index contributed by atoms with van der Waals surface area (Å²) in [6, 6.07) is 14.5. The van der Waals surface area contributed by atoms with Crippen molar-refractivity contribution in [2.75, 3.05) is 12.8 Å². The van der Waals surface area contributed by atoms with Crippen molar-refractivity contribution in [3.63, 3.8) is 0 Å². The molecule has 0 atom stereocenters. The lowest BCUT2D eigenvalue weighted by Crippen LogP contribution is -2.32. The SMILES string of the molecule is CN(Cc1ccc(C#N)cc1)C(=O)CS(=O)(=O)c1ccc(Cl)cc1. The first-order chi connectivity index (χ1) is 11.3. The number of hydrogen-bond donors (Lipinski definition) is 0. The van der Waals surface area contributed by atoms with Crippen LogP contribution in [-0.2, 0) is 21.2 Å². The molecule has 124 valence electrons. The van der Waals surface area contributed by atoms with E-state index in [1.165, 1.54) is 36.2 Å². The van der Waals surface area contributed by atoms with Crippen LogP contribution >= 0.6 is 11.6 Å². The van der Waals surface area contributed by atoms with Crippen LogP contribution in [0.15, 0.2) is 53.4 Å². The molecule has 0 fully saturated rings. The average Bonchev–Trinajstić information content (AvgIpc) is 2.55. The van der Waals surface area contributed by atoms with Crippen molar-refractivity contribution >= 4 is 27.3 Å². The van der Waals surface area contributed by atoms with Gasteiger partial charge in [-0.15, -0.1) is 0 Å². The molecule has 0 spiro atoms. The smallest absolute Gasteiger partial charge is 0.238 e. The summed E-state index contributed by atoms with van der Waals surface area (Å²) >= 11 is 5.74. The summed E-state index contributed by atoms with van der Waals surface area (Å²) in [5, 5.41) is 9.19. The molecule has 0 bridgehead atoms. The molecular weight excluding hydrogens is 348 g/mol. The summed E-state index contributed by atoms with van der Waals surface area (Å²) in [6.45, 7) is 0.265. The molecule has 0 aliphatic rings. The fourth-order valence-electron chi connectivity index (χ4n) is 2.04. The summed E-state index contributed by atoms with van der Waals surface area (Å²) in [5.74, 6) is -1.11. The minimum atomic E-state index is -3.72. The molecule has 2 aromatic carbocycles. The summed E-state index contributed by atoms with van der Waals surface area (Å²) in [4.78, 5) is 13.6. The van der Waals surface area contributed by atoms with E-state index in [2.05, 4.69) is 0 Å². The van der Waals surface area contributed by atoms with E-state index in [1.807, 2.05) is 6.07 Å². The Morgan fingerprint density at radius 3 is 2.25 bits per heavy atom. The maximum atomic E-state index is 12.3. The molecule has 1 amide bonds. The summed E-state index contributed by atoms with van der Waals surface area (Å²) in [6.07, 6.45) is 0. The van der Waals surface area contributed by atoms with Crippen LogP contribution in [0.2, 0.25) is 5.02 Å². The first-order valence-electron chi connectivity index (χ1n) is 7.03. The van der Waals surface area contributed by atoms with Gasteiger partial charge in [-0.2, -0.15) is 5.26 Å². The molecule has 0 aliphatic heterocycles. The third-order valence-corrected chi connectivity index (χ3v) is 5.28. The molecule has 7 heteroatoms. The first kappa shape index (κ1) is 18.0. The second-order valence-corrected chi connectivity index (χ2v) is 7.70. The first-order valence-corrected chi connectivity index (χ1v) is 9.06. The zero-order chi connectivity index (χ0) is 17.7. The van der Waals surface area contributed by atoms with E-state index in [0.717, 1.165) is 5.56 Å². The summed E-state index contributed by atoms with van der Waals surface area (Å²) < 4.78 is 24.5. The molecule has 0 N–H and O–H groups in total. The number of rotatable bonds is 5. The number of carbonyl (C=O) groups excluding carboxylic acids is 1. The Hall–Kier alpha value is -2.36. The highest BCUT2D eigenvalue weighted by Crippen LogP contribution is 2.16. The second-order valence-electron chi connectivity index (χ2n) is 5.27. The largest absolute Gasteiger partial charge is 0.341 e. The van der Waals surface area contributed by atoms with Crippen molar-refractivity contribution in [3.05, 3.63) is 64.7 Å². The number of halogens is 1. The van der Waals surface area contributed by atoms with Gasteiger partial charge in [0.05, 0.1) is 16.5 Å². The van der Waals surface area contributed by atoms with Gasteiger partial charge in [0.2, 0.25) is 5.91 Å². The molecule has 0 saturated carbocycles. The van der Waals surface area contributed by atoms with Crippen LogP contribution in [0, 0.1) is 11.3 Å². The van der Waals surface area contributed by atoms with Gasteiger partial charge in [-0.1, -0.05) is 23.7 Å². The summed E-state index contributed by atoms with van der Waals surface area (Å²) in [7, 11) is -2.18. The van der Waals surface area contributed by atoms with Crippen molar-refractivity contribution in [1.29, 1.82) is 5.26 Å². The van der Waals surface area contributed by atoms with Crippen LogP contribution < -0.4 is 0 Å². The minimum absolute atomic E-state index is 0.0621. The molecule has 0 aromatic heterocycles. The predicted molar refractivity (Wildman–Crippen MR) is 91.1 cm³/mol. The number of nitriles is 1. The van der Waals surface area contributed by atoms with Crippen LogP contribution in [0.4, 0.5) is 0 Å².